The third-order valence-electron chi connectivity index (χ3n) is 2.85. The van der Waals surface area contributed by atoms with Crippen molar-refractivity contribution >= 4 is 34.8 Å². The molecule has 2 aromatic rings. The zero-order valence-electron chi connectivity index (χ0n) is 11.1. The first-order valence-corrected chi connectivity index (χ1v) is 7.07. The first-order valence-electron chi connectivity index (χ1n) is 5.84. The van der Waals surface area contributed by atoms with E-state index >= 15 is 0 Å². The number of rotatable bonds is 5. The summed E-state index contributed by atoms with van der Waals surface area (Å²) in [6.07, 6.45) is 2.05. The Morgan fingerprint density at radius 3 is 2.89 bits per heavy atom. The standard InChI is InChI=1S/C13H16N2O3S/c1-13(2,19-3)7-14-12-15-9-5-4-8(11(16)17)6-10(9)18-12/h4-6H,7H2,1-3H3,(H,14,15)(H,16,17). The van der Waals surface area contributed by atoms with E-state index in [-0.39, 0.29) is 10.3 Å². The molecule has 102 valence electrons. The summed E-state index contributed by atoms with van der Waals surface area (Å²) in [6.45, 7) is 4.96. The molecule has 2 rings (SSSR count). The Hall–Kier alpha value is -1.69. The van der Waals surface area contributed by atoms with Crippen molar-refractivity contribution in [3.63, 3.8) is 0 Å². The van der Waals surface area contributed by atoms with Gasteiger partial charge in [0.15, 0.2) is 5.58 Å². The highest BCUT2D eigenvalue weighted by atomic mass is 32.2. The molecule has 0 bridgehead atoms. The molecular weight excluding hydrogens is 264 g/mol. The van der Waals surface area contributed by atoms with Crippen molar-refractivity contribution in [1.29, 1.82) is 0 Å². The van der Waals surface area contributed by atoms with Gasteiger partial charge < -0.3 is 14.8 Å². The maximum Gasteiger partial charge on any atom is 0.335 e. The predicted molar refractivity (Wildman–Crippen MR) is 77.1 cm³/mol. The summed E-state index contributed by atoms with van der Waals surface area (Å²) in [6, 6.07) is 5.06. The van der Waals surface area contributed by atoms with Crippen molar-refractivity contribution < 1.29 is 14.3 Å². The van der Waals surface area contributed by atoms with E-state index in [0.29, 0.717) is 23.7 Å². The van der Waals surface area contributed by atoms with Crippen LogP contribution >= 0.6 is 11.8 Å². The minimum absolute atomic E-state index is 0.0763. The minimum atomic E-state index is -0.976. The number of benzene rings is 1. The van der Waals surface area contributed by atoms with Gasteiger partial charge in [-0.1, -0.05) is 0 Å². The molecule has 6 heteroatoms. The van der Waals surface area contributed by atoms with Gasteiger partial charge in [0.2, 0.25) is 0 Å². The minimum Gasteiger partial charge on any atom is -0.478 e. The van der Waals surface area contributed by atoms with Crippen LogP contribution in [-0.2, 0) is 0 Å². The molecule has 2 N–H and O–H groups in total. The van der Waals surface area contributed by atoms with Crippen molar-refractivity contribution in [1.82, 2.24) is 4.98 Å². The fraction of sp³-hybridized carbons (Fsp3) is 0.385. The van der Waals surface area contributed by atoms with Crippen molar-refractivity contribution in [2.24, 2.45) is 0 Å². The van der Waals surface area contributed by atoms with Crippen molar-refractivity contribution in [3.8, 4) is 0 Å². The molecule has 0 unspecified atom stereocenters. The lowest BCUT2D eigenvalue weighted by atomic mass is 10.2. The maximum atomic E-state index is 10.9. The van der Waals surface area contributed by atoms with Crippen LogP contribution in [0.5, 0.6) is 0 Å². The van der Waals surface area contributed by atoms with Gasteiger partial charge in [-0.05, 0) is 38.3 Å². The number of hydrogen-bond acceptors (Lipinski definition) is 5. The second-order valence-corrected chi connectivity index (χ2v) is 6.34. The fourth-order valence-electron chi connectivity index (χ4n) is 1.49. The monoisotopic (exact) mass is 280 g/mol. The summed E-state index contributed by atoms with van der Waals surface area (Å²) in [5, 5.41) is 12.0. The number of nitrogens with one attached hydrogen (secondary N) is 1. The first-order chi connectivity index (χ1) is 8.91. The molecular formula is C13H16N2O3S. The van der Waals surface area contributed by atoms with Crippen LogP contribution in [0.15, 0.2) is 22.6 Å². The highest BCUT2D eigenvalue weighted by molar-refractivity contribution is 7.99. The van der Waals surface area contributed by atoms with Crippen LogP contribution < -0.4 is 5.32 Å². The lowest BCUT2D eigenvalue weighted by Gasteiger charge is -2.21. The zero-order chi connectivity index (χ0) is 14.0. The average Bonchev–Trinajstić information content (AvgIpc) is 2.78. The van der Waals surface area contributed by atoms with Crippen LogP contribution in [0.1, 0.15) is 24.2 Å². The Morgan fingerprint density at radius 1 is 1.53 bits per heavy atom. The first kappa shape index (κ1) is 13.7. The van der Waals surface area contributed by atoms with Gasteiger partial charge in [0.05, 0.1) is 5.56 Å². The molecule has 0 saturated heterocycles. The molecule has 0 radical (unpaired) electrons. The smallest absolute Gasteiger partial charge is 0.335 e. The molecule has 0 fully saturated rings. The van der Waals surface area contributed by atoms with E-state index in [0.717, 1.165) is 0 Å². The Morgan fingerprint density at radius 2 is 2.26 bits per heavy atom. The van der Waals surface area contributed by atoms with Gasteiger partial charge >= 0.3 is 5.97 Å². The number of aromatic nitrogens is 1. The van der Waals surface area contributed by atoms with Crippen LogP contribution in [0, 0.1) is 0 Å². The van der Waals surface area contributed by atoms with Crippen LogP contribution in [-0.4, -0.2) is 33.6 Å². The lowest BCUT2D eigenvalue weighted by molar-refractivity contribution is 0.0697. The molecule has 0 aliphatic carbocycles. The van der Waals surface area contributed by atoms with E-state index in [9.17, 15) is 4.79 Å². The Labute approximate surface area is 115 Å². The molecule has 0 spiro atoms. The molecule has 1 aromatic carbocycles. The molecule has 5 nitrogen and oxygen atoms in total. The number of oxazole rings is 1. The highest BCUT2D eigenvalue weighted by Crippen LogP contribution is 2.24. The number of nitrogens with zero attached hydrogens (tertiary/aromatic N) is 1. The van der Waals surface area contributed by atoms with E-state index in [1.807, 2.05) is 6.26 Å². The van der Waals surface area contributed by atoms with Gasteiger partial charge in [-0.15, -0.1) is 0 Å². The zero-order valence-corrected chi connectivity index (χ0v) is 11.9. The quantitative estimate of drug-likeness (QED) is 0.876. The maximum absolute atomic E-state index is 10.9. The number of hydrogen-bond donors (Lipinski definition) is 2. The fourth-order valence-corrected chi connectivity index (χ4v) is 1.71. The van der Waals surface area contributed by atoms with Gasteiger partial charge in [-0.2, -0.15) is 16.7 Å². The molecule has 0 aliphatic heterocycles. The topological polar surface area (TPSA) is 75.4 Å². The third-order valence-corrected chi connectivity index (χ3v) is 4.10. The number of carbonyl (C=O) groups is 1. The summed E-state index contributed by atoms with van der Waals surface area (Å²) >= 11 is 1.75. The average molecular weight is 280 g/mol. The summed E-state index contributed by atoms with van der Waals surface area (Å²) in [5.74, 6) is -0.976. The van der Waals surface area contributed by atoms with E-state index < -0.39 is 5.97 Å². The van der Waals surface area contributed by atoms with Crippen LogP contribution in [0.4, 0.5) is 6.01 Å². The SMILES string of the molecule is CSC(C)(C)CNc1nc2ccc(C(=O)O)cc2o1. The second-order valence-electron chi connectivity index (χ2n) is 4.82. The summed E-state index contributed by atoms with van der Waals surface area (Å²) in [5.41, 5.74) is 1.32. The molecule has 1 heterocycles. The molecule has 0 atom stereocenters. The predicted octanol–water partition coefficient (Wildman–Crippen LogP) is 3.08. The lowest BCUT2D eigenvalue weighted by Crippen LogP contribution is -2.25. The van der Waals surface area contributed by atoms with E-state index in [2.05, 4.69) is 24.1 Å². The van der Waals surface area contributed by atoms with E-state index in [1.54, 1.807) is 17.8 Å². The summed E-state index contributed by atoms with van der Waals surface area (Å²) in [7, 11) is 0. The summed E-state index contributed by atoms with van der Waals surface area (Å²) in [4.78, 5) is 15.1. The van der Waals surface area contributed by atoms with Crippen molar-refractivity contribution in [3.05, 3.63) is 23.8 Å². The molecule has 0 saturated carbocycles. The largest absolute Gasteiger partial charge is 0.478 e. The number of aromatic carboxylic acids is 1. The Kier molecular flexibility index (Phi) is 3.71. The second kappa shape index (κ2) is 5.13. The van der Waals surface area contributed by atoms with Gasteiger partial charge in [0.25, 0.3) is 6.01 Å². The van der Waals surface area contributed by atoms with Gasteiger partial charge in [0.1, 0.15) is 5.52 Å². The number of carboxylic acid groups (broad SMARTS) is 1. The van der Waals surface area contributed by atoms with Crippen molar-refractivity contribution in [2.75, 3.05) is 18.1 Å². The summed E-state index contributed by atoms with van der Waals surface area (Å²) < 4.78 is 5.58. The molecule has 19 heavy (non-hydrogen) atoms. The van der Waals surface area contributed by atoms with Gasteiger partial charge in [-0.3, -0.25) is 0 Å². The number of thioether (sulfide) groups is 1. The Bertz CT molecular complexity index is 607. The van der Waals surface area contributed by atoms with Gasteiger partial charge in [-0.25, -0.2) is 4.79 Å². The van der Waals surface area contributed by atoms with Crippen LogP contribution in [0.3, 0.4) is 0 Å². The van der Waals surface area contributed by atoms with Crippen molar-refractivity contribution in [2.45, 2.75) is 18.6 Å². The number of fused-ring (bicyclic) bond motifs is 1. The highest BCUT2D eigenvalue weighted by Gasteiger charge is 2.17. The third kappa shape index (κ3) is 3.20. The van der Waals surface area contributed by atoms with E-state index in [4.69, 9.17) is 9.52 Å². The molecule has 0 aliphatic rings. The van der Waals surface area contributed by atoms with Crippen LogP contribution in [0.25, 0.3) is 11.1 Å². The van der Waals surface area contributed by atoms with Crippen LogP contribution in [0.2, 0.25) is 0 Å². The Balaban J connectivity index is 2.20. The molecule has 1 aromatic heterocycles. The molecule has 0 amide bonds. The number of anilines is 1. The normalized spacial score (nSPS) is 11.7. The number of carboxylic acids is 1. The van der Waals surface area contributed by atoms with Gasteiger partial charge in [0, 0.05) is 11.3 Å². The van der Waals surface area contributed by atoms with E-state index in [1.165, 1.54) is 12.1 Å².